The summed E-state index contributed by atoms with van der Waals surface area (Å²) in [4.78, 5) is 11.3. The van der Waals surface area contributed by atoms with E-state index in [0.29, 0.717) is 37.1 Å². The largest absolute Gasteiger partial charge is 0.475 e. The van der Waals surface area contributed by atoms with Crippen LogP contribution in [0.4, 0.5) is 5.82 Å². The number of aromatic nitrogens is 4. The van der Waals surface area contributed by atoms with E-state index in [1.807, 2.05) is 25.1 Å². The van der Waals surface area contributed by atoms with Gasteiger partial charge in [-0.1, -0.05) is 0 Å². The second kappa shape index (κ2) is 7.58. The van der Waals surface area contributed by atoms with Crippen LogP contribution < -0.4 is 15.4 Å². The van der Waals surface area contributed by atoms with E-state index in [1.54, 1.807) is 23.0 Å². The minimum Gasteiger partial charge on any atom is -0.475 e. The van der Waals surface area contributed by atoms with E-state index in [-0.39, 0.29) is 12.1 Å². The summed E-state index contributed by atoms with van der Waals surface area (Å²) in [5.74, 6) is 2.06. The van der Waals surface area contributed by atoms with Crippen LogP contribution >= 0.6 is 0 Å². The average molecular weight is 408 g/mol. The van der Waals surface area contributed by atoms with Crippen molar-refractivity contribution in [3.8, 4) is 17.3 Å². The number of hydrogen-bond donors (Lipinski definition) is 1. The molecule has 1 aliphatic heterocycles. The summed E-state index contributed by atoms with van der Waals surface area (Å²) in [5.41, 5.74) is 8.00. The van der Waals surface area contributed by atoms with E-state index in [0.717, 1.165) is 29.0 Å². The van der Waals surface area contributed by atoms with E-state index in [1.165, 1.54) is 0 Å². The highest BCUT2D eigenvalue weighted by Gasteiger charge is 2.24. The summed E-state index contributed by atoms with van der Waals surface area (Å²) in [6.45, 7) is 6.58. The maximum atomic E-state index is 6.17. The van der Waals surface area contributed by atoms with Crippen LogP contribution in [0.15, 0.2) is 41.1 Å². The van der Waals surface area contributed by atoms with Gasteiger partial charge in [-0.15, -0.1) is 5.10 Å². The lowest BCUT2D eigenvalue weighted by Crippen LogP contribution is -2.44. The van der Waals surface area contributed by atoms with Crippen LogP contribution in [0.25, 0.3) is 28.1 Å². The quantitative estimate of drug-likeness (QED) is 0.537. The van der Waals surface area contributed by atoms with Crippen LogP contribution in [-0.2, 0) is 4.74 Å². The van der Waals surface area contributed by atoms with Gasteiger partial charge in [0.05, 0.1) is 30.8 Å². The summed E-state index contributed by atoms with van der Waals surface area (Å²) in [6.07, 6.45) is 3.53. The molecule has 5 rings (SSSR count). The summed E-state index contributed by atoms with van der Waals surface area (Å²) in [6, 6.07) is 7.69. The number of morpholine rings is 1. The number of imidazole rings is 1. The van der Waals surface area contributed by atoms with E-state index in [2.05, 4.69) is 26.9 Å². The van der Waals surface area contributed by atoms with E-state index < -0.39 is 0 Å². The Morgan fingerprint density at radius 1 is 1.30 bits per heavy atom. The average Bonchev–Trinajstić information content (AvgIpc) is 3.36. The number of hydrogen-bond acceptors (Lipinski definition) is 8. The van der Waals surface area contributed by atoms with Crippen LogP contribution in [0.2, 0.25) is 0 Å². The van der Waals surface area contributed by atoms with Crippen LogP contribution in [0.3, 0.4) is 0 Å². The van der Waals surface area contributed by atoms with E-state index in [4.69, 9.17) is 19.6 Å². The Morgan fingerprint density at radius 2 is 2.20 bits per heavy atom. The Kier molecular flexibility index (Phi) is 4.76. The number of nitrogens with zero attached hydrogens (tertiary/aromatic N) is 5. The number of rotatable bonds is 5. The lowest BCUT2D eigenvalue weighted by atomic mass is 10.2. The molecule has 4 aromatic heterocycles. The van der Waals surface area contributed by atoms with Gasteiger partial charge < -0.3 is 24.5 Å². The van der Waals surface area contributed by atoms with E-state index in [9.17, 15) is 0 Å². The summed E-state index contributed by atoms with van der Waals surface area (Å²) in [7, 11) is 0. The van der Waals surface area contributed by atoms with Crippen molar-refractivity contribution in [3.05, 3.63) is 36.7 Å². The van der Waals surface area contributed by atoms with Crippen LogP contribution in [-0.4, -0.2) is 58.0 Å². The molecule has 0 aromatic carbocycles. The Hall–Kier alpha value is -3.17. The van der Waals surface area contributed by atoms with Gasteiger partial charge in [0.25, 0.3) is 0 Å². The molecule has 9 nitrogen and oxygen atoms in total. The van der Waals surface area contributed by atoms with Crippen LogP contribution in [0.1, 0.15) is 13.8 Å². The molecule has 0 radical (unpaired) electrons. The number of pyridine rings is 1. The number of fused-ring (bicyclic) bond motifs is 2. The highest BCUT2D eigenvalue weighted by Crippen LogP contribution is 2.34. The Bertz CT molecular complexity index is 1180. The topological polar surface area (TPSA) is 104 Å². The molecule has 2 N–H and O–H groups in total. The first-order chi connectivity index (χ1) is 14.6. The number of furan rings is 1. The first kappa shape index (κ1) is 18.8. The van der Waals surface area contributed by atoms with Gasteiger partial charge in [0.15, 0.2) is 11.4 Å². The van der Waals surface area contributed by atoms with Crippen molar-refractivity contribution in [2.24, 2.45) is 5.73 Å². The zero-order valence-electron chi connectivity index (χ0n) is 17.0. The first-order valence-corrected chi connectivity index (χ1v) is 10.1. The molecule has 1 saturated heterocycles. The highest BCUT2D eigenvalue weighted by molar-refractivity contribution is 5.92. The maximum absolute atomic E-state index is 6.17. The number of ether oxygens (including phenoxy) is 2. The van der Waals surface area contributed by atoms with Crippen molar-refractivity contribution in [1.29, 1.82) is 0 Å². The summed E-state index contributed by atoms with van der Waals surface area (Å²) < 4.78 is 19.1. The number of anilines is 1. The molecule has 0 spiro atoms. The molecule has 2 atom stereocenters. The molecule has 1 aliphatic rings. The van der Waals surface area contributed by atoms with Crippen molar-refractivity contribution in [1.82, 2.24) is 19.6 Å². The molecule has 1 fully saturated rings. The monoisotopic (exact) mass is 408 g/mol. The molecule has 0 saturated carbocycles. The molecule has 9 heteroatoms. The molecule has 156 valence electrons. The second-order valence-electron chi connectivity index (χ2n) is 7.65. The molecule has 0 amide bonds. The first-order valence-electron chi connectivity index (χ1n) is 10.1. The predicted octanol–water partition coefficient (Wildman–Crippen LogP) is 2.49. The SMILES string of the molecule is C[C@H](N)COc1ccc2ncc(-c3cc4c(N5CCOC[C@H]5C)nccc4o3)n2n1. The molecule has 5 heterocycles. The second-order valence-corrected chi connectivity index (χ2v) is 7.65. The van der Waals surface area contributed by atoms with Gasteiger partial charge in [-0.3, -0.25) is 0 Å². The third-order valence-electron chi connectivity index (χ3n) is 5.15. The van der Waals surface area contributed by atoms with Crippen molar-refractivity contribution in [3.63, 3.8) is 0 Å². The summed E-state index contributed by atoms with van der Waals surface area (Å²) >= 11 is 0. The fraction of sp³-hybridized carbons (Fsp3) is 0.381. The third kappa shape index (κ3) is 3.35. The zero-order valence-corrected chi connectivity index (χ0v) is 17.0. The van der Waals surface area contributed by atoms with Crippen molar-refractivity contribution in [2.45, 2.75) is 25.9 Å². The van der Waals surface area contributed by atoms with Gasteiger partial charge in [0.1, 0.15) is 23.7 Å². The minimum atomic E-state index is -0.0753. The lowest BCUT2D eigenvalue weighted by Gasteiger charge is -2.34. The van der Waals surface area contributed by atoms with Crippen molar-refractivity contribution < 1.29 is 13.9 Å². The molecule has 30 heavy (non-hydrogen) atoms. The summed E-state index contributed by atoms with van der Waals surface area (Å²) in [5, 5.41) is 5.51. The van der Waals surface area contributed by atoms with Gasteiger partial charge in [-0.25, -0.2) is 14.5 Å². The molecule has 0 aliphatic carbocycles. The highest BCUT2D eigenvalue weighted by atomic mass is 16.5. The van der Waals surface area contributed by atoms with Gasteiger partial charge in [0.2, 0.25) is 5.88 Å². The minimum absolute atomic E-state index is 0.0753. The third-order valence-corrected chi connectivity index (χ3v) is 5.15. The Labute approximate surface area is 173 Å². The van der Waals surface area contributed by atoms with Crippen molar-refractivity contribution >= 4 is 22.4 Å². The van der Waals surface area contributed by atoms with Gasteiger partial charge in [-0.05, 0) is 32.0 Å². The smallest absolute Gasteiger partial charge is 0.231 e. The molecule has 4 aromatic rings. The fourth-order valence-electron chi connectivity index (χ4n) is 3.66. The fourth-order valence-corrected chi connectivity index (χ4v) is 3.66. The number of nitrogens with two attached hydrogens (primary N) is 1. The van der Waals surface area contributed by atoms with Crippen LogP contribution in [0, 0.1) is 0 Å². The normalized spacial score (nSPS) is 18.2. The predicted molar refractivity (Wildman–Crippen MR) is 113 cm³/mol. The van der Waals surface area contributed by atoms with Gasteiger partial charge in [-0.2, -0.15) is 0 Å². The van der Waals surface area contributed by atoms with Crippen molar-refractivity contribution in [2.75, 3.05) is 31.3 Å². The van der Waals surface area contributed by atoms with Gasteiger partial charge >= 0.3 is 0 Å². The van der Waals surface area contributed by atoms with Gasteiger partial charge in [0, 0.05) is 24.8 Å². The Morgan fingerprint density at radius 3 is 3.03 bits per heavy atom. The van der Waals surface area contributed by atoms with Crippen LogP contribution in [0.5, 0.6) is 5.88 Å². The molecular weight excluding hydrogens is 384 g/mol. The molecule has 0 bridgehead atoms. The molecule has 0 unspecified atom stereocenters. The standard InChI is InChI=1S/C21H24N6O3/c1-13(22)11-29-20-4-3-19-24-10-16(27(19)25-20)18-9-15-17(30-18)5-6-23-21(15)26-7-8-28-12-14(26)2/h3-6,9-10,13-14H,7-8,11-12,22H2,1-2H3/t13-,14+/m0/s1. The van der Waals surface area contributed by atoms with E-state index >= 15 is 0 Å². The molecular formula is C21H24N6O3. The lowest BCUT2D eigenvalue weighted by molar-refractivity contribution is 0.0987. The maximum Gasteiger partial charge on any atom is 0.231 e. The zero-order chi connectivity index (χ0) is 20.7. The Balaban J connectivity index is 1.55.